The second kappa shape index (κ2) is 8.27. The highest BCUT2D eigenvalue weighted by Crippen LogP contribution is 2.36. The Morgan fingerprint density at radius 2 is 1.93 bits per heavy atom. The fraction of sp³-hybridized carbons (Fsp3) is 0.300. The molecule has 0 aliphatic rings. The first-order valence-corrected chi connectivity index (χ1v) is 9.60. The quantitative estimate of drug-likeness (QED) is 0.437. The Morgan fingerprint density at radius 3 is 2.62 bits per heavy atom. The number of fused-ring (bicyclic) bond motifs is 1. The Hall–Kier alpha value is -3.46. The molecule has 0 aliphatic carbocycles. The minimum Gasteiger partial charge on any atom is -0.490 e. The van der Waals surface area contributed by atoms with Gasteiger partial charge in [-0.05, 0) is 36.6 Å². The number of pyridine rings is 1. The molecular weight excluding hydrogens is 370 g/mol. The summed E-state index contributed by atoms with van der Waals surface area (Å²) in [7, 11) is 0. The Bertz CT molecular complexity index is 1100. The number of nitrogen functional groups attached to an aromatic ring is 1. The number of anilines is 1. The lowest BCUT2D eigenvalue weighted by Gasteiger charge is -2.11. The lowest BCUT2D eigenvalue weighted by atomic mass is 10.1. The average molecular weight is 393 g/mol. The highest BCUT2D eigenvalue weighted by Gasteiger charge is 2.23. The minimum absolute atomic E-state index is 0.189. The summed E-state index contributed by atoms with van der Waals surface area (Å²) in [5, 5.41) is 7.63. The van der Waals surface area contributed by atoms with Crippen molar-refractivity contribution in [3.05, 3.63) is 36.5 Å². The van der Waals surface area contributed by atoms with Crippen LogP contribution in [0, 0.1) is 0 Å². The lowest BCUT2D eigenvalue weighted by molar-refractivity contribution is 0.308. The van der Waals surface area contributed by atoms with Crippen LogP contribution < -0.4 is 16.2 Å². The van der Waals surface area contributed by atoms with E-state index in [0.717, 1.165) is 29.6 Å². The monoisotopic (exact) mass is 393 g/mol. The van der Waals surface area contributed by atoms with E-state index >= 15 is 0 Å². The molecule has 0 fully saturated rings. The summed E-state index contributed by atoms with van der Waals surface area (Å²) in [4.78, 5) is 9.48. The van der Waals surface area contributed by atoms with E-state index in [2.05, 4.69) is 15.3 Å². The molecule has 0 bridgehead atoms. The number of nitrogens with two attached hydrogens (primary N) is 2. The van der Waals surface area contributed by atoms with E-state index in [4.69, 9.17) is 25.8 Å². The molecule has 0 saturated heterocycles. The molecule has 1 aromatic carbocycles. The predicted octanol–water partition coefficient (Wildman–Crippen LogP) is 2.87. The van der Waals surface area contributed by atoms with Crippen LogP contribution >= 0.6 is 0 Å². The van der Waals surface area contributed by atoms with E-state index < -0.39 is 0 Å². The summed E-state index contributed by atoms with van der Waals surface area (Å²) in [5.41, 5.74) is 15.2. The molecule has 0 spiro atoms. The zero-order valence-corrected chi connectivity index (χ0v) is 16.2. The third-order valence-corrected chi connectivity index (χ3v) is 4.68. The summed E-state index contributed by atoms with van der Waals surface area (Å²) in [6, 6.07) is 9.91. The van der Waals surface area contributed by atoms with E-state index in [-0.39, 0.29) is 5.82 Å². The second-order valence-corrected chi connectivity index (χ2v) is 6.56. The molecule has 0 radical (unpaired) electrons. The SMILES string of the molecule is CCn1c(-c2nonc2N)nc2c(-c3ccccc3)ncc(OCCCCN)c21. The summed E-state index contributed by atoms with van der Waals surface area (Å²) in [6.07, 6.45) is 3.51. The molecule has 4 rings (SSSR count). The number of aryl methyl sites for hydroxylation is 1. The molecular formula is C20H23N7O2. The van der Waals surface area contributed by atoms with Gasteiger partial charge in [0.15, 0.2) is 23.1 Å². The predicted molar refractivity (Wildman–Crippen MR) is 110 cm³/mol. The molecule has 9 heteroatoms. The number of imidazole rings is 1. The van der Waals surface area contributed by atoms with Gasteiger partial charge in [-0.1, -0.05) is 30.3 Å². The molecule has 150 valence electrons. The van der Waals surface area contributed by atoms with Crippen molar-refractivity contribution in [3.8, 4) is 28.5 Å². The van der Waals surface area contributed by atoms with Gasteiger partial charge >= 0.3 is 0 Å². The second-order valence-electron chi connectivity index (χ2n) is 6.56. The maximum absolute atomic E-state index is 6.05. The number of aromatic nitrogens is 5. The van der Waals surface area contributed by atoms with E-state index in [0.29, 0.717) is 42.5 Å². The van der Waals surface area contributed by atoms with Gasteiger partial charge in [0, 0.05) is 12.1 Å². The van der Waals surface area contributed by atoms with Gasteiger partial charge in [0.05, 0.1) is 18.5 Å². The highest BCUT2D eigenvalue weighted by molar-refractivity contribution is 5.95. The van der Waals surface area contributed by atoms with Gasteiger partial charge in [-0.2, -0.15) is 0 Å². The van der Waals surface area contributed by atoms with Crippen molar-refractivity contribution in [1.29, 1.82) is 0 Å². The van der Waals surface area contributed by atoms with Crippen LogP contribution in [0.5, 0.6) is 5.75 Å². The van der Waals surface area contributed by atoms with Crippen molar-refractivity contribution < 1.29 is 9.37 Å². The number of ether oxygens (including phenoxy) is 1. The van der Waals surface area contributed by atoms with Crippen LogP contribution in [0.4, 0.5) is 5.82 Å². The van der Waals surface area contributed by atoms with E-state index in [9.17, 15) is 0 Å². The molecule has 9 nitrogen and oxygen atoms in total. The van der Waals surface area contributed by atoms with Crippen LogP contribution in [0.15, 0.2) is 41.2 Å². The molecule has 0 atom stereocenters. The van der Waals surface area contributed by atoms with Crippen molar-refractivity contribution in [3.63, 3.8) is 0 Å². The van der Waals surface area contributed by atoms with Gasteiger partial charge < -0.3 is 20.8 Å². The van der Waals surface area contributed by atoms with Crippen LogP contribution in [0.3, 0.4) is 0 Å². The first-order valence-electron chi connectivity index (χ1n) is 9.60. The van der Waals surface area contributed by atoms with E-state index in [1.54, 1.807) is 6.20 Å². The van der Waals surface area contributed by atoms with Gasteiger partial charge in [0.2, 0.25) is 0 Å². The normalized spacial score (nSPS) is 11.2. The number of hydrogen-bond acceptors (Lipinski definition) is 8. The Balaban J connectivity index is 1.91. The Kier molecular flexibility index (Phi) is 5.39. The Labute approximate surface area is 167 Å². The zero-order valence-electron chi connectivity index (χ0n) is 16.2. The summed E-state index contributed by atoms with van der Waals surface area (Å²) in [6.45, 7) is 3.85. The first-order chi connectivity index (χ1) is 14.2. The van der Waals surface area contributed by atoms with Gasteiger partial charge in [0.1, 0.15) is 11.0 Å². The van der Waals surface area contributed by atoms with E-state index in [1.165, 1.54) is 0 Å². The topological polar surface area (TPSA) is 131 Å². The summed E-state index contributed by atoms with van der Waals surface area (Å²) >= 11 is 0. The van der Waals surface area contributed by atoms with Gasteiger partial charge in [0.25, 0.3) is 0 Å². The molecule has 0 saturated carbocycles. The average Bonchev–Trinajstić information content (AvgIpc) is 3.35. The smallest absolute Gasteiger partial charge is 0.199 e. The minimum atomic E-state index is 0.189. The number of benzene rings is 1. The highest BCUT2D eigenvalue weighted by atomic mass is 16.6. The molecule has 0 unspecified atom stereocenters. The third kappa shape index (κ3) is 3.52. The van der Waals surface area contributed by atoms with Crippen LogP contribution in [-0.4, -0.2) is 38.0 Å². The van der Waals surface area contributed by atoms with Crippen LogP contribution in [0.2, 0.25) is 0 Å². The van der Waals surface area contributed by atoms with Crippen LogP contribution in [0.25, 0.3) is 33.8 Å². The number of hydrogen-bond donors (Lipinski definition) is 2. The Morgan fingerprint density at radius 1 is 1.10 bits per heavy atom. The molecule has 3 aromatic heterocycles. The number of unbranched alkanes of at least 4 members (excludes halogenated alkanes) is 1. The molecule has 4 aromatic rings. The van der Waals surface area contributed by atoms with Crippen molar-refractivity contribution in [2.75, 3.05) is 18.9 Å². The van der Waals surface area contributed by atoms with Gasteiger partial charge in [-0.3, -0.25) is 0 Å². The molecule has 0 aliphatic heterocycles. The maximum atomic E-state index is 6.05. The fourth-order valence-electron chi connectivity index (χ4n) is 3.29. The van der Waals surface area contributed by atoms with Crippen LogP contribution in [-0.2, 0) is 6.54 Å². The fourth-order valence-corrected chi connectivity index (χ4v) is 3.29. The molecule has 4 N–H and O–H groups in total. The summed E-state index contributed by atoms with van der Waals surface area (Å²) < 4.78 is 12.8. The third-order valence-electron chi connectivity index (χ3n) is 4.68. The first kappa shape index (κ1) is 18.9. The molecule has 29 heavy (non-hydrogen) atoms. The largest absolute Gasteiger partial charge is 0.490 e. The van der Waals surface area contributed by atoms with E-state index in [1.807, 2.05) is 41.8 Å². The van der Waals surface area contributed by atoms with Crippen molar-refractivity contribution in [2.24, 2.45) is 5.73 Å². The number of nitrogens with zero attached hydrogens (tertiary/aromatic N) is 5. The standard InChI is InChI=1S/C20H23N7O2/c1-2-27-18-14(28-11-7-6-10-21)12-23-15(13-8-4-3-5-9-13)16(18)24-20(27)17-19(22)26-29-25-17/h3-5,8-9,12H,2,6-7,10-11,21H2,1H3,(H2,22,26). The maximum Gasteiger partial charge on any atom is 0.199 e. The number of rotatable bonds is 8. The zero-order chi connectivity index (χ0) is 20.2. The lowest BCUT2D eigenvalue weighted by Crippen LogP contribution is -2.06. The van der Waals surface area contributed by atoms with Gasteiger partial charge in [-0.25, -0.2) is 14.6 Å². The van der Waals surface area contributed by atoms with Crippen molar-refractivity contribution >= 4 is 16.9 Å². The van der Waals surface area contributed by atoms with Crippen molar-refractivity contribution in [1.82, 2.24) is 24.8 Å². The summed E-state index contributed by atoms with van der Waals surface area (Å²) in [5.74, 6) is 1.42. The molecule has 3 heterocycles. The van der Waals surface area contributed by atoms with Crippen molar-refractivity contribution in [2.45, 2.75) is 26.3 Å². The molecule has 0 amide bonds. The van der Waals surface area contributed by atoms with Gasteiger partial charge in [-0.15, -0.1) is 0 Å². The van der Waals surface area contributed by atoms with Crippen LogP contribution in [0.1, 0.15) is 19.8 Å².